The number of nitrogen functional groups attached to an aromatic ring is 1. The van der Waals surface area contributed by atoms with Crippen LogP contribution in [-0.2, 0) is 4.74 Å². The van der Waals surface area contributed by atoms with E-state index in [1.807, 2.05) is 15.5 Å². The average Bonchev–Trinajstić information content (AvgIpc) is 2.86. The van der Waals surface area contributed by atoms with Crippen LogP contribution in [0.15, 0.2) is 17.0 Å². The second-order valence-corrected chi connectivity index (χ2v) is 6.53. The molecule has 7 nitrogen and oxygen atoms in total. The van der Waals surface area contributed by atoms with Gasteiger partial charge in [0.2, 0.25) is 0 Å². The molecule has 8 heteroatoms. The molecule has 2 fully saturated rings. The van der Waals surface area contributed by atoms with Crippen LogP contribution in [0.25, 0.3) is 5.52 Å². The molecule has 0 bridgehead atoms. The number of halogens is 1. The molecule has 0 aromatic carbocycles. The largest absolute Gasteiger partial charge is 0.449 e. The summed E-state index contributed by atoms with van der Waals surface area (Å²) in [6.07, 6.45) is 6.22. The number of rotatable bonds is 1. The predicted octanol–water partition coefficient (Wildman–Crippen LogP) is 2.16. The molecule has 116 valence electrons. The number of hydrogen-bond acceptors (Lipinski definition) is 5. The number of carbonyl (C=O) groups excluding carboxylic acids is 1. The van der Waals surface area contributed by atoms with Gasteiger partial charge in [0.05, 0.1) is 6.61 Å². The molecule has 0 radical (unpaired) electrons. The Kier molecular flexibility index (Phi) is 3.21. The summed E-state index contributed by atoms with van der Waals surface area (Å²) < 4.78 is 7.82. The lowest BCUT2D eigenvalue weighted by molar-refractivity contribution is 0.0245. The smallest absolute Gasteiger partial charge is 0.410 e. The van der Waals surface area contributed by atoms with Gasteiger partial charge >= 0.3 is 6.09 Å². The predicted molar refractivity (Wildman–Crippen MR) is 83.5 cm³/mol. The van der Waals surface area contributed by atoms with Crippen molar-refractivity contribution in [1.29, 1.82) is 0 Å². The summed E-state index contributed by atoms with van der Waals surface area (Å²) in [6.45, 7) is 1.17. The van der Waals surface area contributed by atoms with Gasteiger partial charge in [-0.3, -0.25) is 4.40 Å². The van der Waals surface area contributed by atoms with E-state index < -0.39 is 0 Å². The average molecular weight is 366 g/mol. The first kappa shape index (κ1) is 13.8. The van der Waals surface area contributed by atoms with E-state index in [-0.39, 0.29) is 12.0 Å². The standard InChI is InChI=1S/C14H16BrN5O2/c15-11-10-12(16)17-4-5-19(10)13(18-11)8-1-2-9-3-6-22-14(21)20(9)7-8/h4-5,8-9H,1-3,6-7H2,(H2,16,17)/t8-,9+/m0/s1. The van der Waals surface area contributed by atoms with Gasteiger partial charge in [0, 0.05) is 37.3 Å². The number of anilines is 1. The van der Waals surface area contributed by atoms with Gasteiger partial charge in [-0.2, -0.15) is 0 Å². The number of ether oxygens (including phenoxy) is 1. The molecular formula is C14H16BrN5O2. The molecule has 0 aliphatic carbocycles. The van der Waals surface area contributed by atoms with Crippen molar-refractivity contribution in [3.63, 3.8) is 0 Å². The molecule has 0 saturated carbocycles. The minimum atomic E-state index is -0.206. The number of carbonyl (C=O) groups is 1. The van der Waals surface area contributed by atoms with Crippen molar-refractivity contribution in [3.8, 4) is 0 Å². The Hall–Kier alpha value is -1.83. The first-order valence-electron chi connectivity index (χ1n) is 7.36. The minimum absolute atomic E-state index is 0.169. The number of nitrogens with zero attached hydrogens (tertiary/aromatic N) is 4. The van der Waals surface area contributed by atoms with Crippen LogP contribution in [-0.4, -0.2) is 44.6 Å². The number of imidazole rings is 1. The highest BCUT2D eigenvalue weighted by Crippen LogP contribution is 2.35. The molecule has 22 heavy (non-hydrogen) atoms. The minimum Gasteiger partial charge on any atom is -0.449 e. The highest BCUT2D eigenvalue weighted by atomic mass is 79.9. The van der Waals surface area contributed by atoms with Crippen molar-refractivity contribution in [3.05, 3.63) is 22.8 Å². The van der Waals surface area contributed by atoms with E-state index in [1.54, 1.807) is 6.20 Å². The molecule has 2 saturated heterocycles. The Balaban J connectivity index is 1.71. The van der Waals surface area contributed by atoms with Crippen molar-refractivity contribution in [1.82, 2.24) is 19.3 Å². The number of fused-ring (bicyclic) bond motifs is 2. The molecule has 0 unspecified atom stereocenters. The zero-order chi connectivity index (χ0) is 15.3. The molecule has 2 aliphatic rings. The van der Waals surface area contributed by atoms with E-state index in [0.717, 1.165) is 30.6 Å². The summed E-state index contributed by atoms with van der Waals surface area (Å²) >= 11 is 3.46. The molecule has 4 heterocycles. The third-order valence-corrected chi connectivity index (χ3v) is 5.10. The first-order chi connectivity index (χ1) is 10.6. The molecular weight excluding hydrogens is 350 g/mol. The lowest BCUT2D eigenvalue weighted by atomic mass is 9.90. The summed E-state index contributed by atoms with van der Waals surface area (Å²) in [5, 5.41) is 0. The van der Waals surface area contributed by atoms with E-state index in [0.29, 0.717) is 29.6 Å². The fourth-order valence-corrected chi connectivity index (χ4v) is 4.03. The van der Waals surface area contributed by atoms with Crippen LogP contribution in [0.4, 0.5) is 10.6 Å². The van der Waals surface area contributed by atoms with Gasteiger partial charge in [0.25, 0.3) is 0 Å². The Morgan fingerprint density at radius 3 is 3.09 bits per heavy atom. The second kappa shape index (κ2) is 5.12. The van der Waals surface area contributed by atoms with Crippen molar-refractivity contribution >= 4 is 33.4 Å². The van der Waals surface area contributed by atoms with Crippen molar-refractivity contribution in [2.75, 3.05) is 18.9 Å². The number of amides is 1. The van der Waals surface area contributed by atoms with Crippen LogP contribution >= 0.6 is 15.9 Å². The Morgan fingerprint density at radius 2 is 2.23 bits per heavy atom. The van der Waals surface area contributed by atoms with Gasteiger partial charge in [-0.25, -0.2) is 14.8 Å². The van der Waals surface area contributed by atoms with Gasteiger partial charge in [-0.15, -0.1) is 0 Å². The van der Waals surface area contributed by atoms with Gasteiger partial charge in [0.15, 0.2) is 5.82 Å². The van der Waals surface area contributed by atoms with Crippen molar-refractivity contribution in [2.24, 2.45) is 0 Å². The Labute approximate surface area is 135 Å². The number of nitrogens with two attached hydrogens (primary N) is 1. The van der Waals surface area contributed by atoms with Gasteiger partial charge in [0.1, 0.15) is 15.9 Å². The molecule has 2 atom stereocenters. The molecule has 4 rings (SSSR count). The quantitative estimate of drug-likeness (QED) is 0.836. The van der Waals surface area contributed by atoms with Crippen LogP contribution in [0.2, 0.25) is 0 Å². The molecule has 1 amide bonds. The number of aromatic nitrogens is 3. The van der Waals surface area contributed by atoms with E-state index in [2.05, 4.69) is 25.9 Å². The summed E-state index contributed by atoms with van der Waals surface area (Å²) in [4.78, 5) is 22.5. The SMILES string of the molecule is Nc1nccn2c([C@H]3CC[C@@H]4CCOC(=O)N4C3)nc(Br)c12. The van der Waals surface area contributed by atoms with Crippen LogP contribution in [0.5, 0.6) is 0 Å². The Morgan fingerprint density at radius 1 is 1.36 bits per heavy atom. The molecule has 2 aliphatic heterocycles. The maximum absolute atomic E-state index is 12.0. The first-order valence-corrected chi connectivity index (χ1v) is 8.16. The maximum atomic E-state index is 12.0. The summed E-state index contributed by atoms with van der Waals surface area (Å²) in [5.41, 5.74) is 6.72. The summed E-state index contributed by atoms with van der Waals surface area (Å²) in [5.74, 6) is 1.52. The third kappa shape index (κ3) is 2.05. The van der Waals surface area contributed by atoms with Crippen LogP contribution in [0.3, 0.4) is 0 Å². The fourth-order valence-electron chi connectivity index (χ4n) is 3.46. The van der Waals surface area contributed by atoms with E-state index in [9.17, 15) is 4.79 Å². The third-order valence-electron chi connectivity index (χ3n) is 4.55. The van der Waals surface area contributed by atoms with Gasteiger partial charge < -0.3 is 15.4 Å². The lowest BCUT2D eigenvalue weighted by Crippen LogP contribution is -2.50. The van der Waals surface area contributed by atoms with E-state index >= 15 is 0 Å². The van der Waals surface area contributed by atoms with Crippen LogP contribution < -0.4 is 5.73 Å². The highest BCUT2D eigenvalue weighted by Gasteiger charge is 2.37. The zero-order valence-corrected chi connectivity index (χ0v) is 13.5. The van der Waals surface area contributed by atoms with Crippen molar-refractivity contribution < 1.29 is 9.53 Å². The molecule has 0 spiro atoms. The monoisotopic (exact) mass is 365 g/mol. The summed E-state index contributed by atoms with van der Waals surface area (Å²) in [7, 11) is 0. The lowest BCUT2D eigenvalue weighted by Gasteiger charge is -2.41. The molecule has 2 aromatic rings. The van der Waals surface area contributed by atoms with Crippen LogP contribution in [0, 0.1) is 0 Å². The van der Waals surface area contributed by atoms with Crippen molar-refractivity contribution in [2.45, 2.75) is 31.2 Å². The maximum Gasteiger partial charge on any atom is 0.410 e. The second-order valence-electron chi connectivity index (χ2n) is 5.78. The molecule has 2 aromatic heterocycles. The normalized spacial score (nSPS) is 25.1. The zero-order valence-electron chi connectivity index (χ0n) is 11.9. The molecule has 2 N–H and O–H groups in total. The highest BCUT2D eigenvalue weighted by molar-refractivity contribution is 9.10. The van der Waals surface area contributed by atoms with Crippen LogP contribution in [0.1, 0.15) is 31.0 Å². The van der Waals surface area contributed by atoms with Gasteiger partial charge in [-0.1, -0.05) is 0 Å². The van der Waals surface area contributed by atoms with E-state index in [1.165, 1.54) is 0 Å². The fraction of sp³-hybridized carbons (Fsp3) is 0.500. The number of hydrogen-bond donors (Lipinski definition) is 1. The topological polar surface area (TPSA) is 85.8 Å². The number of cyclic esters (lactones) is 1. The van der Waals surface area contributed by atoms with Gasteiger partial charge in [-0.05, 0) is 28.8 Å². The summed E-state index contributed by atoms with van der Waals surface area (Å²) in [6, 6.07) is 0.305. The van der Waals surface area contributed by atoms with E-state index in [4.69, 9.17) is 10.5 Å². The number of piperidine rings is 1. The Bertz CT molecular complexity index is 746.